The van der Waals surface area contributed by atoms with E-state index in [2.05, 4.69) is 15.3 Å². The maximum Gasteiger partial charge on any atom is 0.164 e. The van der Waals surface area contributed by atoms with Crippen LogP contribution in [0.3, 0.4) is 0 Å². The molecule has 0 unspecified atom stereocenters. The van der Waals surface area contributed by atoms with Crippen molar-refractivity contribution in [3.8, 4) is 11.4 Å². The monoisotopic (exact) mass is 417 g/mol. The number of nitrogens with one attached hydrogen (secondary N) is 2. The van der Waals surface area contributed by atoms with Crippen molar-refractivity contribution in [2.24, 2.45) is 0 Å². The van der Waals surface area contributed by atoms with Crippen LogP contribution < -0.4 is 5.32 Å². The van der Waals surface area contributed by atoms with Gasteiger partial charge in [0.2, 0.25) is 0 Å². The van der Waals surface area contributed by atoms with Gasteiger partial charge < -0.3 is 10.3 Å². The fourth-order valence-electron chi connectivity index (χ4n) is 3.51. The standard InChI is InChI=1S/C23H17ClFN5/c1-13(14-6-8-16(25)9-7-14)28-22-17-4-2-3-5-20(17)29-23(30-22)19-12-27-21-18(19)10-15(24)11-26-21/h2-13H,1H3,(H,26,27)(H,28,29,30)/t13-/m0/s1. The third-order valence-electron chi connectivity index (χ3n) is 5.07. The lowest BCUT2D eigenvalue weighted by molar-refractivity contribution is 0.626. The van der Waals surface area contributed by atoms with Crippen molar-refractivity contribution in [1.29, 1.82) is 0 Å². The van der Waals surface area contributed by atoms with E-state index in [-0.39, 0.29) is 11.9 Å². The number of benzene rings is 2. The van der Waals surface area contributed by atoms with Crippen molar-refractivity contribution in [1.82, 2.24) is 19.9 Å². The highest BCUT2D eigenvalue weighted by molar-refractivity contribution is 6.31. The van der Waals surface area contributed by atoms with Gasteiger partial charge in [0.1, 0.15) is 17.3 Å². The maximum absolute atomic E-state index is 13.3. The highest BCUT2D eigenvalue weighted by Crippen LogP contribution is 2.31. The number of anilines is 1. The largest absolute Gasteiger partial charge is 0.363 e. The second-order valence-corrected chi connectivity index (χ2v) is 7.52. The Morgan fingerprint density at radius 3 is 2.67 bits per heavy atom. The first-order chi connectivity index (χ1) is 14.6. The van der Waals surface area contributed by atoms with E-state index in [1.165, 1.54) is 12.1 Å². The molecule has 5 nitrogen and oxygen atoms in total. The van der Waals surface area contributed by atoms with Gasteiger partial charge in [-0.1, -0.05) is 35.9 Å². The number of hydrogen-bond donors (Lipinski definition) is 2. The van der Waals surface area contributed by atoms with Crippen LogP contribution in [0.15, 0.2) is 67.0 Å². The Kier molecular flexibility index (Phi) is 4.56. The first kappa shape index (κ1) is 18.5. The van der Waals surface area contributed by atoms with Crippen molar-refractivity contribution in [2.45, 2.75) is 13.0 Å². The maximum atomic E-state index is 13.3. The average Bonchev–Trinajstić information content (AvgIpc) is 3.17. The molecule has 5 rings (SSSR count). The van der Waals surface area contributed by atoms with Crippen molar-refractivity contribution < 1.29 is 4.39 Å². The van der Waals surface area contributed by atoms with E-state index in [0.717, 1.165) is 33.1 Å². The summed E-state index contributed by atoms with van der Waals surface area (Å²) in [4.78, 5) is 17.0. The van der Waals surface area contributed by atoms with Gasteiger partial charge in [0.25, 0.3) is 0 Å². The zero-order valence-corrected chi connectivity index (χ0v) is 16.8. The smallest absolute Gasteiger partial charge is 0.164 e. The number of nitrogens with zero attached hydrogens (tertiary/aromatic N) is 3. The fraction of sp³-hybridized carbons (Fsp3) is 0.0870. The molecule has 2 aromatic carbocycles. The topological polar surface area (TPSA) is 66.5 Å². The van der Waals surface area contributed by atoms with E-state index in [0.29, 0.717) is 16.7 Å². The number of aromatic amines is 1. The van der Waals surface area contributed by atoms with Gasteiger partial charge in [0.05, 0.1) is 10.5 Å². The lowest BCUT2D eigenvalue weighted by atomic mass is 10.1. The van der Waals surface area contributed by atoms with Crippen LogP contribution in [0.4, 0.5) is 10.2 Å². The zero-order chi connectivity index (χ0) is 20.7. The number of pyridine rings is 1. The molecule has 7 heteroatoms. The second kappa shape index (κ2) is 7.39. The van der Waals surface area contributed by atoms with Crippen molar-refractivity contribution in [3.63, 3.8) is 0 Å². The summed E-state index contributed by atoms with van der Waals surface area (Å²) in [7, 11) is 0. The SMILES string of the molecule is C[C@H](Nc1nc(-c2c[nH]c3ncc(Cl)cc23)nc2ccccc12)c1ccc(F)cc1. The summed E-state index contributed by atoms with van der Waals surface area (Å²) in [6.07, 6.45) is 3.44. The number of aromatic nitrogens is 4. The van der Waals surface area contributed by atoms with Crippen LogP contribution in [-0.2, 0) is 0 Å². The molecule has 0 radical (unpaired) electrons. The minimum Gasteiger partial charge on any atom is -0.363 e. The summed E-state index contributed by atoms with van der Waals surface area (Å²) in [6.45, 7) is 2.01. The van der Waals surface area contributed by atoms with Gasteiger partial charge >= 0.3 is 0 Å². The van der Waals surface area contributed by atoms with Crippen molar-refractivity contribution >= 4 is 39.4 Å². The number of rotatable bonds is 4. The van der Waals surface area contributed by atoms with E-state index in [1.54, 1.807) is 18.3 Å². The van der Waals surface area contributed by atoms with Crippen LogP contribution in [-0.4, -0.2) is 19.9 Å². The van der Waals surface area contributed by atoms with Gasteiger partial charge in [-0.25, -0.2) is 19.3 Å². The molecular weight excluding hydrogens is 401 g/mol. The summed E-state index contributed by atoms with van der Waals surface area (Å²) in [5.74, 6) is 1.02. The minimum atomic E-state index is -0.257. The van der Waals surface area contributed by atoms with Gasteiger partial charge in [0.15, 0.2) is 5.82 Å². The number of fused-ring (bicyclic) bond motifs is 2. The molecule has 0 bridgehead atoms. The molecule has 0 aliphatic heterocycles. The Labute approximate surface area is 177 Å². The first-order valence-electron chi connectivity index (χ1n) is 9.50. The highest BCUT2D eigenvalue weighted by Gasteiger charge is 2.15. The van der Waals surface area contributed by atoms with E-state index >= 15 is 0 Å². The van der Waals surface area contributed by atoms with Crippen LogP contribution in [0, 0.1) is 5.82 Å². The van der Waals surface area contributed by atoms with E-state index in [1.807, 2.05) is 43.5 Å². The fourth-order valence-corrected chi connectivity index (χ4v) is 3.67. The number of halogens is 2. The third kappa shape index (κ3) is 3.35. The second-order valence-electron chi connectivity index (χ2n) is 7.08. The molecule has 3 heterocycles. The average molecular weight is 418 g/mol. The predicted molar refractivity (Wildman–Crippen MR) is 118 cm³/mol. The lowest BCUT2D eigenvalue weighted by Gasteiger charge is -2.17. The molecule has 0 aliphatic rings. The van der Waals surface area contributed by atoms with Gasteiger partial charge in [-0.05, 0) is 42.8 Å². The summed E-state index contributed by atoms with van der Waals surface area (Å²) in [5, 5.41) is 5.77. The quantitative estimate of drug-likeness (QED) is 0.368. The Balaban J connectivity index is 1.62. The molecule has 0 saturated heterocycles. The van der Waals surface area contributed by atoms with Crippen LogP contribution >= 0.6 is 11.6 Å². The van der Waals surface area contributed by atoms with Crippen LogP contribution in [0.25, 0.3) is 33.3 Å². The van der Waals surface area contributed by atoms with Gasteiger partial charge in [-0.15, -0.1) is 0 Å². The first-order valence-corrected chi connectivity index (χ1v) is 9.88. The van der Waals surface area contributed by atoms with Crippen molar-refractivity contribution in [3.05, 3.63) is 83.4 Å². The molecule has 0 spiro atoms. The van der Waals surface area contributed by atoms with E-state index in [4.69, 9.17) is 21.6 Å². The molecule has 0 amide bonds. The van der Waals surface area contributed by atoms with Crippen LogP contribution in [0.2, 0.25) is 5.02 Å². The molecular formula is C23H17ClFN5. The predicted octanol–water partition coefficient (Wildman–Crippen LogP) is 6.14. The zero-order valence-electron chi connectivity index (χ0n) is 16.0. The number of hydrogen-bond acceptors (Lipinski definition) is 4. The molecule has 148 valence electrons. The Morgan fingerprint density at radius 1 is 1.03 bits per heavy atom. The minimum absolute atomic E-state index is 0.0733. The third-order valence-corrected chi connectivity index (χ3v) is 5.27. The summed E-state index contributed by atoms with van der Waals surface area (Å²) >= 11 is 6.15. The molecule has 1 atom stereocenters. The molecule has 2 N–H and O–H groups in total. The molecule has 0 fully saturated rings. The molecule has 3 aromatic heterocycles. The Hall–Kier alpha value is -3.51. The summed E-state index contributed by atoms with van der Waals surface area (Å²) < 4.78 is 13.3. The Morgan fingerprint density at radius 2 is 1.83 bits per heavy atom. The Bertz CT molecular complexity index is 1360. The molecule has 0 aliphatic carbocycles. The molecule has 5 aromatic rings. The number of para-hydroxylation sites is 1. The highest BCUT2D eigenvalue weighted by atomic mass is 35.5. The van der Waals surface area contributed by atoms with Gasteiger partial charge in [-0.2, -0.15) is 0 Å². The molecule has 0 saturated carbocycles. The summed E-state index contributed by atoms with van der Waals surface area (Å²) in [6, 6.07) is 16.1. The van der Waals surface area contributed by atoms with Crippen molar-refractivity contribution in [2.75, 3.05) is 5.32 Å². The normalized spacial score (nSPS) is 12.4. The lowest BCUT2D eigenvalue weighted by Crippen LogP contribution is -2.09. The summed E-state index contributed by atoms with van der Waals surface area (Å²) in [5.41, 5.74) is 3.33. The van der Waals surface area contributed by atoms with Gasteiger partial charge in [-0.3, -0.25) is 0 Å². The van der Waals surface area contributed by atoms with Crippen LogP contribution in [0.5, 0.6) is 0 Å². The molecule has 30 heavy (non-hydrogen) atoms. The van der Waals surface area contributed by atoms with Crippen LogP contribution in [0.1, 0.15) is 18.5 Å². The van der Waals surface area contributed by atoms with Gasteiger partial charge in [0, 0.05) is 34.8 Å². The van der Waals surface area contributed by atoms with E-state index < -0.39 is 0 Å². The number of H-pyrrole nitrogens is 1. The van der Waals surface area contributed by atoms with E-state index in [9.17, 15) is 4.39 Å².